The van der Waals surface area contributed by atoms with Gasteiger partial charge in [0.15, 0.2) is 10.8 Å². The highest BCUT2D eigenvalue weighted by Gasteiger charge is 2.36. The molecule has 1 aromatic carbocycles. The number of nitrogens with one attached hydrogen (secondary N) is 2. The molecule has 1 saturated carbocycles. The van der Waals surface area contributed by atoms with Crippen LogP contribution in [0.2, 0.25) is 0 Å². The van der Waals surface area contributed by atoms with E-state index in [4.69, 9.17) is 4.74 Å². The number of halogens is 4. The largest absolute Gasteiger partial charge is 0.434 e. The molecular weight excluding hydrogens is 538 g/mol. The van der Waals surface area contributed by atoms with E-state index in [2.05, 4.69) is 25.0 Å². The summed E-state index contributed by atoms with van der Waals surface area (Å²) in [7, 11) is -2.09. The van der Waals surface area contributed by atoms with Crippen molar-refractivity contribution in [1.82, 2.24) is 15.0 Å². The van der Waals surface area contributed by atoms with Crippen LogP contribution >= 0.6 is 11.3 Å². The third-order valence-electron chi connectivity index (χ3n) is 5.45. The first-order valence-electron chi connectivity index (χ1n) is 10.9. The van der Waals surface area contributed by atoms with Crippen molar-refractivity contribution in [3.8, 4) is 11.3 Å². The molecule has 9 nitrogen and oxygen atoms in total. The molecular formula is C22H21F4N5O4S2. The number of ether oxygens (including phenoxy) is 1. The van der Waals surface area contributed by atoms with Gasteiger partial charge in [-0.15, -0.1) is 11.3 Å². The van der Waals surface area contributed by atoms with E-state index in [0.29, 0.717) is 19.0 Å². The maximum absolute atomic E-state index is 14.8. The first-order valence-corrected chi connectivity index (χ1v) is 13.4. The Morgan fingerprint density at radius 1 is 1.24 bits per heavy atom. The lowest BCUT2D eigenvalue weighted by Gasteiger charge is -2.15. The minimum atomic E-state index is -4.71. The molecule has 0 aliphatic heterocycles. The fraction of sp³-hybridized carbons (Fsp3) is 0.364. The van der Waals surface area contributed by atoms with Crippen LogP contribution in [0.15, 0.2) is 36.0 Å². The number of hydrogen-bond donors (Lipinski definition) is 2. The van der Waals surface area contributed by atoms with Gasteiger partial charge in [-0.2, -0.15) is 13.2 Å². The maximum atomic E-state index is 14.8. The van der Waals surface area contributed by atoms with Crippen molar-refractivity contribution in [2.24, 2.45) is 0 Å². The summed E-state index contributed by atoms with van der Waals surface area (Å²) in [4.78, 5) is 24.3. The van der Waals surface area contributed by atoms with Gasteiger partial charge in [0, 0.05) is 24.7 Å². The molecule has 15 heteroatoms. The van der Waals surface area contributed by atoms with Crippen molar-refractivity contribution in [2.45, 2.75) is 36.6 Å². The van der Waals surface area contributed by atoms with Crippen LogP contribution in [0.25, 0.3) is 11.3 Å². The molecule has 2 N–H and O–H groups in total. The van der Waals surface area contributed by atoms with Crippen molar-refractivity contribution >= 4 is 38.1 Å². The predicted octanol–water partition coefficient (Wildman–Crippen LogP) is 4.42. The molecule has 1 amide bonds. The summed E-state index contributed by atoms with van der Waals surface area (Å²) in [6.07, 6.45) is -1.73. The predicted molar refractivity (Wildman–Crippen MR) is 128 cm³/mol. The Morgan fingerprint density at radius 3 is 2.65 bits per heavy atom. The molecule has 3 aromatic rings. The van der Waals surface area contributed by atoms with Gasteiger partial charge in [0.2, 0.25) is 15.9 Å². The molecule has 1 aliphatic rings. The van der Waals surface area contributed by atoms with Crippen molar-refractivity contribution in [3.63, 3.8) is 0 Å². The normalized spacial score (nSPS) is 14.8. The number of carbonyl (C=O) groups is 1. The fourth-order valence-electron chi connectivity index (χ4n) is 3.36. The second kappa shape index (κ2) is 10.7. The molecule has 0 radical (unpaired) electrons. The highest BCUT2D eigenvalue weighted by molar-refractivity contribution is 7.93. The van der Waals surface area contributed by atoms with E-state index in [1.54, 1.807) is 0 Å². The number of benzene rings is 1. The summed E-state index contributed by atoms with van der Waals surface area (Å²) >= 11 is 1.02. The summed E-state index contributed by atoms with van der Waals surface area (Å²) in [6.45, 7) is 0.175. The Hall–Kier alpha value is -3.17. The Balaban J connectivity index is 1.51. The van der Waals surface area contributed by atoms with E-state index < -0.39 is 44.8 Å². The molecule has 1 atom stereocenters. The summed E-state index contributed by atoms with van der Waals surface area (Å²) in [5.41, 5.74) is -1.29. The summed E-state index contributed by atoms with van der Waals surface area (Å²) < 4.78 is 85.4. The van der Waals surface area contributed by atoms with Crippen molar-refractivity contribution in [1.29, 1.82) is 0 Å². The third-order valence-corrected chi connectivity index (χ3v) is 8.18. The molecule has 198 valence electrons. The van der Waals surface area contributed by atoms with Crippen LogP contribution in [0.1, 0.15) is 36.6 Å². The Bertz CT molecular complexity index is 1390. The van der Waals surface area contributed by atoms with Gasteiger partial charge in [-0.05, 0) is 31.4 Å². The molecule has 1 unspecified atom stereocenters. The number of nitrogens with zero attached hydrogens (tertiary/aromatic N) is 3. The molecule has 0 spiro atoms. The van der Waals surface area contributed by atoms with E-state index >= 15 is 0 Å². The number of aromatic nitrogens is 3. The average Bonchev–Trinajstić information content (AvgIpc) is 3.62. The highest BCUT2D eigenvalue weighted by atomic mass is 32.2. The van der Waals surface area contributed by atoms with Crippen molar-refractivity contribution in [3.05, 3.63) is 53.2 Å². The van der Waals surface area contributed by atoms with Gasteiger partial charge in [0.05, 0.1) is 40.6 Å². The molecule has 4 rings (SSSR count). The molecule has 1 aliphatic carbocycles. The van der Waals surface area contributed by atoms with Crippen LogP contribution in [0, 0.1) is 5.82 Å². The van der Waals surface area contributed by atoms with E-state index in [9.17, 15) is 30.8 Å². The number of sulfonamides is 1. The number of anilines is 2. The number of carbonyl (C=O) groups excluding carboxylic acids is 1. The van der Waals surface area contributed by atoms with Gasteiger partial charge in [0.1, 0.15) is 5.82 Å². The van der Waals surface area contributed by atoms with Crippen LogP contribution in [0.5, 0.6) is 0 Å². The fourth-order valence-corrected chi connectivity index (χ4v) is 5.72. The van der Waals surface area contributed by atoms with Crippen LogP contribution in [-0.4, -0.2) is 48.2 Å². The van der Waals surface area contributed by atoms with Gasteiger partial charge in [-0.1, -0.05) is 6.07 Å². The van der Waals surface area contributed by atoms with Gasteiger partial charge in [-0.25, -0.2) is 22.8 Å². The SMILES string of the molecule is COCCC(C(=O)Nc1ccc(-c2cncc(C(F)(F)F)n2)cc1F)c1csc(NS(=O)(=O)C2CC2)n1. The number of thiazole rings is 1. The quantitative estimate of drug-likeness (QED) is 0.353. The lowest BCUT2D eigenvalue weighted by molar-refractivity contribution is -0.141. The van der Waals surface area contributed by atoms with E-state index in [0.717, 1.165) is 23.6 Å². The number of rotatable bonds is 10. The van der Waals surface area contributed by atoms with Crippen LogP contribution in [0.3, 0.4) is 0 Å². The monoisotopic (exact) mass is 559 g/mol. The van der Waals surface area contributed by atoms with Crippen molar-refractivity contribution < 1.29 is 35.5 Å². The summed E-state index contributed by atoms with van der Waals surface area (Å²) in [6, 6.07) is 3.45. The smallest absolute Gasteiger partial charge is 0.385 e. The highest BCUT2D eigenvalue weighted by Crippen LogP contribution is 2.33. The molecule has 0 bridgehead atoms. The minimum absolute atomic E-state index is 0.0390. The molecule has 2 heterocycles. The van der Waals surface area contributed by atoms with Gasteiger partial charge in [-0.3, -0.25) is 14.5 Å². The van der Waals surface area contributed by atoms with Crippen LogP contribution < -0.4 is 10.0 Å². The first kappa shape index (κ1) is 26.9. The molecule has 0 saturated heterocycles. The average molecular weight is 560 g/mol. The lowest BCUT2D eigenvalue weighted by atomic mass is 10.0. The maximum Gasteiger partial charge on any atom is 0.434 e. The van der Waals surface area contributed by atoms with Gasteiger partial charge < -0.3 is 10.1 Å². The second-order valence-corrected chi connectivity index (χ2v) is 11.0. The van der Waals surface area contributed by atoms with Crippen LogP contribution in [0.4, 0.5) is 28.4 Å². The van der Waals surface area contributed by atoms with Crippen LogP contribution in [-0.2, 0) is 25.7 Å². The summed E-state index contributed by atoms with van der Waals surface area (Å²) in [5.74, 6) is -2.40. The second-order valence-electron chi connectivity index (χ2n) is 8.23. The van der Waals surface area contributed by atoms with Gasteiger partial charge in [0.25, 0.3) is 0 Å². The zero-order valence-corrected chi connectivity index (χ0v) is 20.9. The number of alkyl halides is 3. The molecule has 37 heavy (non-hydrogen) atoms. The minimum Gasteiger partial charge on any atom is -0.385 e. The van der Waals surface area contributed by atoms with Gasteiger partial charge >= 0.3 is 6.18 Å². The third kappa shape index (κ3) is 6.59. The molecule has 1 fully saturated rings. The standard InChI is InChI=1S/C22H21F4N5O4S2/c1-35-7-6-14(18-11-36-21(30-18)31-37(33,34)13-3-4-13)20(32)29-16-5-2-12(8-15(16)23)17-9-27-10-19(28-17)22(24,25)26/h2,5,8-11,13-14H,3-4,6-7H2,1H3,(H,29,32)(H,30,31). The number of amides is 1. The Morgan fingerprint density at radius 2 is 2.00 bits per heavy atom. The van der Waals surface area contributed by atoms with E-state index in [1.165, 1.54) is 24.6 Å². The molecule has 2 aromatic heterocycles. The number of hydrogen-bond acceptors (Lipinski definition) is 8. The summed E-state index contributed by atoms with van der Waals surface area (Å²) in [5, 5.41) is 3.67. The topological polar surface area (TPSA) is 123 Å². The Labute approximate surface area is 213 Å². The first-order chi connectivity index (χ1) is 17.5. The van der Waals surface area contributed by atoms with E-state index in [1.807, 2.05) is 0 Å². The van der Waals surface area contributed by atoms with E-state index in [-0.39, 0.29) is 40.8 Å². The number of methoxy groups -OCH3 is 1. The lowest BCUT2D eigenvalue weighted by Crippen LogP contribution is -2.23. The Kier molecular flexibility index (Phi) is 7.75. The van der Waals surface area contributed by atoms with Crippen molar-refractivity contribution in [2.75, 3.05) is 23.8 Å². The zero-order chi connectivity index (χ0) is 26.8. The zero-order valence-electron chi connectivity index (χ0n) is 19.3.